The van der Waals surface area contributed by atoms with E-state index in [4.69, 9.17) is 15.2 Å². The fourth-order valence-electron chi connectivity index (χ4n) is 3.61. The fourth-order valence-corrected chi connectivity index (χ4v) is 3.61. The summed E-state index contributed by atoms with van der Waals surface area (Å²) in [4.78, 5) is 48.5. The Labute approximate surface area is 230 Å². The number of ether oxygens (including phenoxy) is 2. The predicted molar refractivity (Wildman–Crippen MR) is 137 cm³/mol. The lowest BCUT2D eigenvalue weighted by Gasteiger charge is -2.17. The minimum Gasteiger partial charge on any atom is -0.493 e. The van der Waals surface area contributed by atoms with Crippen LogP contribution in [0, 0.1) is 29.2 Å². The number of rotatable bonds is 11. The number of aromatic nitrogens is 1. The molecule has 14 heteroatoms. The number of nitrogen functional groups attached to an aromatic ring is 1. The van der Waals surface area contributed by atoms with Gasteiger partial charge in [-0.1, -0.05) is 13.8 Å². The van der Waals surface area contributed by atoms with Crippen LogP contribution in [-0.2, 0) is 9.53 Å². The summed E-state index contributed by atoms with van der Waals surface area (Å²) < 4.78 is 68.0. The number of nitrogens with zero attached hydrogens (tertiary/aromatic N) is 1. The lowest BCUT2D eigenvalue weighted by atomic mass is 10.0. The highest BCUT2D eigenvalue weighted by molar-refractivity contribution is 6.11. The van der Waals surface area contributed by atoms with E-state index in [2.05, 4.69) is 5.32 Å². The number of aliphatic carboxylic acids is 1. The Bertz CT molecular complexity index is 1520. The highest BCUT2D eigenvalue weighted by atomic mass is 19.1. The summed E-state index contributed by atoms with van der Waals surface area (Å²) in [5, 5.41) is 11.5. The van der Waals surface area contributed by atoms with Crippen molar-refractivity contribution in [2.45, 2.75) is 26.3 Å². The molecule has 0 aliphatic rings. The van der Waals surface area contributed by atoms with Gasteiger partial charge in [-0.3, -0.25) is 14.2 Å². The minimum absolute atomic E-state index is 0.0205. The molecule has 218 valence electrons. The summed E-state index contributed by atoms with van der Waals surface area (Å²) in [5.41, 5.74) is 2.86. The van der Waals surface area contributed by atoms with E-state index in [0.717, 1.165) is 24.3 Å². The van der Waals surface area contributed by atoms with Gasteiger partial charge in [0.25, 0.3) is 5.56 Å². The van der Waals surface area contributed by atoms with Gasteiger partial charge < -0.3 is 25.6 Å². The van der Waals surface area contributed by atoms with Crippen molar-refractivity contribution in [3.63, 3.8) is 0 Å². The lowest BCUT2D eigenvalue weighted by molar-refractivity contribution is -0.139. The molecule has 1 amide bonds. The molecule has 3 aromatic rings. The number of halogens is 4. The van der Waals surface area contributed by atoms with Gasteiger partial charge >= 0.3 is 12.1 Å². The van der Waals surface area contributed by atoms with Crippen LogP contribution in [0.15, 0.2) is 47.3 Å². The molecule has 0 spiro atoms. The Morgan fingerprint density at radius 1 is 0.976 bits per heavy atom. The first-order valence-electron chi connectivity index (χ1n) is 12.1. The van der Waals surface area contributed by atoms with Gasteiger partial charge in [0.05, 0.1) is 24.3 Å². The van der Waals surface area contributed by atoms with E-state index in [0.29, 0.717) is 22.8 Å². The molecule has 0 bridgehead atoms. The first-order valence-corrected chi connectivity index (χ1v) is 12.1. The number of hydrogen-bond acceptors (Lipinski definition) is 7. The number of pyridine rings is 1. The lowest BCUT2D eigenvalue weighted by Crippen LogP contribution is -2.42. The molecule has 10 nitrogen and oxygen atoms in total. The van der Waals surface area contributed by atoms with E-state index < -0.39 is 82.0 Å². The molecule has 0 radical (unpaired) electrons. The number of carboxylic acid groups (broad SMARTS) is 1. The maximum Gasteiger partial charge on any atom is 0.407 e. The molecule has 1 atom stereocenters. The molecule has 3 rings (SSSR count). The maximum absolute atomic E-state index is 15.1. The molecule has 0 saturated heterocycles. The number of benzene rings is 2. The highest BCUT2D eigenvalue weighted by Crippen LogP contribution is 2.27. The summed E-state index contributed by atoms with van der Waals surface area (Å²) in [6, 6.07) is 3.84. The van der Waals surface area contributed by atoms with Crippen molar-refractivity contribution in [3.05, 3.63) is 87.2 Å². The zero-order valence-corrected chi connectivity index (χ0v) is 21.8. The number of anilines is 1. The summed E-state index contributed by atoms with van der Waals surface area (Å²) in [5.74, 6) is -8.36. The monoisotopic (exact) mass is 579 g/mol. The topological polar surface area (TPSA) is 150 Å². The van der Waals surface area contributed by atoms with Crippen molar-refractivity contribution < 1.29 is 46.5 Å². The number of nitrogens with one attached hydrogen (secondary N) is 1. The van der Waals surface area contributed by atoms with Crippen molar-refractivity contribution in [1.29, 1.82) is 0 Å². The van der Waals surface area contributed by atoms with E-state index in [-0.39, 0.29) is 24.7 Å². The molecular weight excluding hydrogens is 554 g/mol. The zero-order valence-electron chi connectivity index (χ0n) is 21.8. The third-order valence-electron chi connectivity index (χ3n) is 5.58. The third kappa shape index (κ3) is 7.41. The Kier molecular flexibility index (Phi) is 9.71. The normalized spacial score (nSPS) is 11.7. The van der Waals surface area contributed by atoms with E-state index in [1.807, 2.05) is 0 Å². The van der Waals surface area contributed by atoms with Crippen molar-refractivity contribution in [3.8, 4) is 11.4 Å². The van der Waals surface area contributed by atoms with Gasteiger partial charge in [0.2, 0.25) is 0 Å². The number of ketones is 1. The van der Waals surface area contributed by atoms with E-state index in [1.54, 1.807) is 13.8 Å². The molecule has 0 saturated carbocycles. The fraction of sp³-hybridized carbons (Fsp3) is 0.259. The summed E-state index contributed by atoms with van der Waals surface area (Å²) in [6.07, 6.45) is -1.26. The molecule has 0 fully saturated rings. The average molecular weight is 580 g/mol. The standard InChI is InChI=1S/C27H25F4N3O7/c1-13(2)12-41-27(39)33-21(26(37)38)7-8-40-15-10-19(30)23(20(31)11-15)34-22(35)6-5-17(25(34)32)24(36)16-4-3-14(28)9-18(16)29/h3-6,9-11,13,21H,7-8,12,32H2,1-2H3,(H,33,39)(H,37,38)/t21-/m0/s1. The smallest absolute Gasteiger partial charge is 0.407 e. The van der Waals surface area contributed by atoms with Crippen LogP contribution in [0.25, 0.3) is 5.69 Å². The van der Waals surface area contributed by atoms with Crippen LogP contribution >= 0.6 is 0 Å². The number of amides is 1. The number of carbonyl (C=O) groups excluding carboxylic acids is 2. The first kappa shape index (κ1) is 30.7. The number of carboxylic acids is 1. The number of hydrogen-bond donors (Lipinski definition) is 3. The van der Waals surface area contributed by atoms with Crippen molar-refractivity contribution >= 4 is 23.7 Å². The Morgan fingerprint density at radius 2 is 1.61 bits per heavy atom. The molecular formula is C27H25F4N3O7. The quantitative estimate of drug-likeness (QED) is 0.229. The largest absolute Gasteiger partial charge is 0.493 e. The molecule has 1 heterocycles. The Morgan fingerprint density at radius 3 is 2.20 bits per heavy atom. The van der Waals surface area contributed by atoms with Crippen LogP contribution in [0.5, 0.6) is 5.75 Å². The van der Waals surface area contributed by atoms with Gasteiger partial charge in [0.1, 0.15) is 34.9 Å². The van der Waals surface area contributed by atoms with Gasteiger partial charge in [-0.15, -0.1) is 0 Å². The molecule has 0 aliphatic carbocycles. The van der Waals surface area contributed by atoms with Gasteiger partial charge in [0, 0.05) is 30.7 Å². The van der Waals surface area contributed by atoms with Crippen LogP contribution < -0.4 is 21.3 Å². The van der Waals surface area contributed by atoms with Gasteiger partial charge in [-0.25, -0.2) is 27.2 Å². The zero-order chi connectivity index (χ0) is 30.4. The average Bonchev–Trinajstić information content (AvgIpc) is 2.88. The second-order valence-electron chi connectivity index (χ2n) is 9.16. The maximum atomic E-state index is 15.1. The summed E-state index contributed by atoms with van der Waals surface area (Å²) in [6.45, 7) is 3.24. The van der Waals surface area contributed by atoms with Crippen LogP contribution in [-0.4, -0.2) is 46.8 Å². The predicted octanol–water partition coefficient (Wildman–Crippen LogP) is 3.81. The Hall–Kier alpha value is -4.88. The van der Waals surface area contributed by atoms with Crippen molar-refractivity contribution in [1.82, 2.24) is 9.88 Å². The van der Waals surface area contributed by atoms with Gasteiger partial charge in [0.15, 0.2) is 17.4 Å². The molecule has 0 unspecified atom stereocenters. The van der Waals surface area contributed by atoms with Crippen molar-refractivity contribution in [2.24, 2.45) is 5.92 Å². The van der Waals surface area contributed by atoms with Crippen molar-refractivity contribution in [2.75, 3.05) is 18.9 Å². The first-order chi connectivity index (χ1) is 19.3. The third-order valence-corrected chi connectivity index (χ3v) is 5.58. The Balaban J connectivity index is 1.82. The number of carbonyl (C=O) groups is 3. The second-order valence-corrected chi connectivity index (χ2v) is 9.16. The van der Waals surface area contributed by atoms with Crippen LogP contribution in [0.4, 0.5) is 28.2 Å². The van der Waals surface area contributed by atoms with E-state index >= 15 is 8.78 Å². The molecule has 4 N–H and O–H groups in total. The summed E-state index contributed by atoms with van der Waals surface area (Å²) in [7, 11) is 0. The molecule has 1 aromatic heterocycles. The molecule has 41 heavy (non-hydrogen) atoms. The second kappa shape index (κ2) is 13.0. The van der Waals surface area contributed by atoms with Gasteiger partial charge in [-0.2, -0.15) is 0 Å². The van der Waals surface area contributed by atoms with Crippen LogP contribution in [0.2, 0.25) is 0 Å². The van der Waals surface area contributed by atoms with E-state index in [9.17, 15) is 33.1 Å². The number of alkyl carbamates (subject to hydrolysis) is 1. The minimum atomic E-state index is -1.42. The highest BCUT2D eigenvalue weighted by Gasteiger charge is 2.24. The SMILES string of the molecule is CC(C)COC(=O)N[C@@H](CCOc1cc(F)c(-n2c(N)c(C(=O)c3ccc(F)cc3F)ccc2=O)c(F)c1)C(=O)O. The van der Waals surface area contributed by atoms with Crippen LogP contribution in [0.3, 0.4) is 0 Å². The van der Waals surface area contributed by atoms with Gasteiger partial charge in [-0.05, 0) is 24.1 Å². The molecule has 0 aliphatic heterocycles. The molecule has 2 aromatic carbocycles. The van der Waals surface area contributed by atoms with Crippen LogP contribution in [0.1, 0.15) is 36.2 Å². The number of nitrogens with two attached hydrogens (primary N) is 1. The summed E-state index contributed by atoms with van der Waals surface area (Å²) >= 11 is 0. The van der Waals surface area contributed by atoms with E-state index in [1.165, 1.54) is 0 Å².